The Balaban J connectivity index is 1.73. The Morgan fingerprint density at radius 1 is 1.45 bits per heavy atom. The van der Waals surface area contributed by atoms with Crippen LogP contribution in [-0.4, -0.2) is 44.8 Å². The van der Waals surface area contributed by atoms with Crippen LogP contribution in [-0.2, 0) is 4.79 Å². The first-order valence-electron chi connectivity index (χ1n) is 6.79. The molecule has 7 heteroatoms. The third kappa shape index (κ3) is 4.26. The number of aromatic nitrogens is 2. The number of carbonyl (C=O) groups excluding carboxylic acids is 1. The van der Waals surface area contributed by atoms with Crippen molar-refractivity contribution in [2.75, 3.05) is 18.1 Å². The lowest BCUT2D eigenvalue weighted by Crippen LogP contribution is -2.26. The molecule has 0 unspecified atom stereocenters. The van der Waals surface area contributed by atoms with Gasteiger partial charge in [0.1, 0.15) is 5.69 Å². The zero-order chi connectivity index (χ0) is 14.4. The second-order valence-corrected chi connectivity index (χ2v) is 5.93. The van der Waals surface area contributed by atoms with E-state index in [9.17, 15) is 9.59 Å². The minimum atomic E-state index is -0.836. The van der Waals surface area contributed by atoms with Crippen molar-refractivity contribution in [3.8, 4) is 0 Å². The molecule has 0 radical (unpaired) electrons. The van der Waals surface area contributed by atoms with Gasteiger partial charge in [0.25, 0.3) is 5.91 Å². The number of carboxylic acids is 1. The molecule has 1 amide bonds. The first-order valence-corrected chi connectivity index (χ1v) is 7.95. The van der Waals surface area contributed by atoms with Crippen molar-refractivity contribution < 1.29 is 14.7 Å². The lowest BCUT2D eigenvalue weighted by molar-refractivity contribution is -0.133. The predicted molar refractivity (Wildman–Crippen MR) is 77.0 cm³/mol. The number of carbonyl (C=O) groups is 2. The average molecular weight is 297 g/mol. The maximum atomic E-state index is 11.9. The molecule has 0 bridgehead atoms. The summed E-state index contributed by atoms with van der Waals surface area (Å²) in [4.78, 5) is 22.2. The van der Waals surface area contributed by atoms with Gasteiger partial charge in [0.05, 0.1) is 11.8 Å². The average Bonchev–Trinajstić information content (AvgIpc) is 3.08. The number of rotatable bonds is 7. The highest BCUT2D eigenvalue weighted by molar-refractivity contribution is 7.99. The lowest BCUT2D eigenvalue weighted by Gasteiger charge is -2.08. The van der Waals surface area contributed by atoms with Gasteiger partial charge >= 0.3 is 5.97 Å². The molecule has 0 saturated heterocycles. The Morgan fingerprint density at radius 3 is 2.90 bits per heavy atom. The van der Waals surface area contributed by atoms with Crippen LogP contribution >= 0.6 is 11.8 Å². The zero-order valence-electron chi connectivity index (χ0n) is 11.2. The Bertz CT molecular complexity index is 469. The van der Waals surface area contributed by atoms with E-state index in [1.165, 1.54) is 24.6 Å². The highest BCUT2D eigenvalue weighted by Crippen LogP contribution is 2.28. The van der Waals surface area contributed by atoms with Crippen LogP contribution in [0, 0.1) is 0 Å². The first kappa shape index (κ1) is 14.9. The van der Waals surface area contributed by atoms with E-state index in [0.29, 0.717) is 24.0 Å². The number of amides is 1. The second kappa shape index (κ2) is 7.33. The Morgan fingerprint density at radius 2 is 2.20 bits per heavy atom. The molecule has 20 heavy (non-hydrogen) atoms. The monoisotopic (exact) mass is 297 g/mol. The molecule has 0 aliphatic heterocycles. The third-order valence-electron chi connectivity index (χ3n) is 3.30. The number of thioether (sulfide) groups is 1. The zero-order valence-corrected chi connectivity index (χ0v) is 12.1. The summed E-state index contributed by atoms with van der Waals surface area (Å²) in [6.45, 7) is 0.451. The molecule has 1 heterocycles. The molecule has 1 aromatic heterocycles. The van der Waals surface area contributed by atoms with Gasteiger partial charge in [-0.25, -0.2) is 0 Å². The highest BCUT2D eigenvalue weighted by Gasteiger charge is 2.18. The summed E-state index contributed by atoms with van der Waals surface area (Å²) in [6.07, 6.45) is 6.59. The van der Waals surface area contributed by atoms with E-state index in [1.54, 1.807) is 6.07 Å². The van der Waals surface area contributed by atoms with Gasteiger partial charge in [-0.05, 0) is 18.9 Å². The van der Waals surface area contributed by atoms with E-state index < -0.39 is 5.97 Å². The fraction of sp³-hybridized carbons (Fsp3) is 0.615. The molecule has 1 fully saturated rings. The van der Waals surface area contributed by atoms with Crippen LogP contribution in [0.4, 0.5) is 0 Å². The topological polar surface area (TPSA) is 84.2 Å². The molecule has 1 aromatic rings. The molecule has 110 valence electrons. The van der Waals surface area contributed by atoms with Crippen molar-refractivity contribution in [2.45, 2.75) is 31.7 Å². The SMILES string of the molecule is O=C(O)CSCCNC(=O)c1ccn(C2CCCC2)n1. The molecule has 1 aliphatic rings. The Hall–Kier alpha value is -1.50. The van der Waals surface area contributed by atoms with Gasteiger partial charge in [-0.3, -0.25) is 14.3 Å². The van der Waals surface area contributed by atoms with Crippen LogP contribution in [0.1, 0.15) is 42.2 Å². The van der Waals surface area contributed by atoms with E-state index in [-0.39, 0.29) is 11.7 Å². The summed E-state index contributed by atoms with van der Waals surface area (Å²) in [7, 11) is 0. The molecular weight excluding hydrogens is 278 g/mol. The number of hydrogen-bond acceptors (Lipinski definition) is 4. The number of aliphatic carboxylic acids is 1. The van der Waals surface area contributed by atoms with Crippen LogP contribution in [0.3, 0.4) is 0 Å². The molecule has 0 atom stereocenters. The summed E-state index contributed by atoms with van der Waals surface area (Å²) in [5.74, 6) is -0.387. The maximum absolute atomic E-state index is 11.9. The summed E-state index contributed by atoms with van der Waals surface area (Å²) >= 11 is 1.28. The Kier molecular flexibility index (Phi) is 5.46. The van der Waals surface area contributed by atoms with Crippen LogP contribution < -0.4 is 5.32 Å². The van der Waals surface area contributed by atoms with Gasteiger partial charge in [0, 0.05) is 18.5 Å². The maximum Gasteiger partial charge on any atom is 0.313 e. The second-order valence-electron chi connectivity index (χ2n) is 4.82. The fourth-order valence-corrected chi connectivity index (χ4v) is 2.88. The lowest BCUT2D eigenvalue weighted by atomic mass is 10.3. The van der Waals surface area contributed by atoms with Gasteiger partial charge in [-0.1, -0.05) is 12.8 Å². The summed E-state index contributed by atoms with van der Waals surface area (Å²) in [5, 5.41) is 15.6. The van der Waals surface area contributed by atoms with Crippen molar-refractivity contribution in [2.24, 2.45) is 0 Å². The van der Waals surface area contributed by atoms with Crippen molar-refractivity contribution >= 4 is 23.6 Å². The molecule has 0 aromatic carbocycles. The van der Waals surface area contributed by atoms with Gasteiger partial charge < -0.3 is 10.4 Å². The number of nitrogens with zero attached hydrogens (tertiary/aromatic N) is 2. The summed E-state index contributed by atoms with van der Waals surface area (Å²) in [6, 6.07) is 2.17. The van der Waals surface area contributed by atoms with E-state index in [1.807, 2.05) is 10.9 Å². The predicted octanol–water partition coefficient (Wildman–Crippen LogP) is 1.55. The largest absolute Gasteiger partial charge is 0.481 e. The van der Waals surface area contributed by atoms with Crippen molar-refractivity contribution in [3.05, 3.63) is 18.0 Å². The third-order valence-corrected chi connectivity index (χ3v) is 4.24. The standard InChI is InChI=1S/C13H19N3O3S/c17-12(18)9-20-8-6-14-13(19)11-5-7-16(15-11)10-3-1-2-4-10/h5,7,10H,1-4,6,8-9H2,(H,14,19)(H,17,18). The van der Waals surface area contributed by atoms with Gasteiger partial charge in [0.15, 0.2) is 0 Å². The minimum Gasteiger partial charge on any atom is -0.481 e. The van der Waals surface area contributed by atoms with E-state index >= 15 is 0 Å². The molecule has 1 saturated carbocycles. The number of carboxylic acid groups (broad SMARTS) is 1. The van der Waals surface area contributed by atoms with Gasteiger partial charge in [-0.15, -0.1) is 11.8 Å². The number of hydrogen-bond donors (Lipinski definition) is 2. The van der Waals surface area contributed by atoms with Crippen molar-refractivity contribution in [3.63, 3.8) is 0 Å². The van der Waals surface area contributed by atoms with Crippen LogP contribution in [0.15, 0.2) is 12.3 Å². The van der Waals surface area contributed by atoms with Crippen molar-refractivity contribution in [1.82, 2.24) is 15.1 Å². The van der Waals surface area contributed by atoms with Crippen molar-refractivity contribution in [1.29, 1.82) is 0 Å². The molecule has 2 rings (SSSR count). The fourth-order valence-electron chi connectivity index (χ4n) is 2.32. The van der Waals surface area contributed by atoms with Crippen LogP contribution in [0.25, 0.3) is 0 Å². The number of nitrogens with one attached hydrogen (secondary N) is 1. The molecule has 6 nitrogen and oxygen atoms in total. The van der Waals surface area contributed by atoms with E-state index in [4.69, 9.17) is 5.11 Å². The summed E-state index contributed by atoms with van der Waals surface area (Å²) < 4.78 is 1.89. The summed E-state index contributed by atoms with van der Waals surface area (Å²) in [5.41, 5.74) is 0.431. The van der Waals surface area contributed by atoms with Gasteiger partial charge in [0.2, 0.25) is 0 Å². The molecule has 0 spiro atoms. The van der Waals surface area contributed by atoms with Crippen LogP contribution in [0.5, 0.6) is 0 Å². The molecule has 1 aliphatic carbocycles. The Labute approximate surface area is 121 Å². The molecule has 2 N–H and O–H groups in total. The van der Waals surface area contributed by atoms with Crippen LogP contribution in [0.2, 0.25) is 0 Å². The quantitative estimate of drug-likeness (QED) is 0.746. The first-order chi connectivity index (χ1) is 9.66. The minimum absolute atomic E-state index is 0.0617. The smallest absolute Gasteiger partial charge is 0.313 e. The van der Waals surface area contributed by atoms with E-state index in [0.717, 1.165) is 12.8 Å². The highest BCUT2D eigenvalue weighted by atomic mass is 32.2. The van der Waals surface area contributed by atoms with E-state index in [2.05, 4.69) is 10.4 Å². The normalized spacial score (nSPS) is 15.4. The van der Waals surface area contributed by atoms with Gasteiger partial charge in [-0.2, -0.15) is 5.10 Å². The molecular formula is C13H19N3O3S.